The maximum absolute atomic E-state index is 11.9. The van der Waals surface area contributed by atoms with Crippen molar-refractivity contribution >= 4 is 17.7 Å². The lowest BCUT2D eigenvalue weighted by molar-refractivity contribution is -0.120. The highest BCUT2D eigenvalue weighted by atomic mass is 32.2. The van der Waals surface area contributed by atoms with Gasteiger partial charge in [0, 0.05) is 6.04 Å². The predicted molar refractivity (Wildman–Crippen MR) is 73.9 cm³/mol. The van der Waals surface area contributed by atoms with E-state index in [9.17, 15) is 4.79 Å². The van der Waals surface area contributed by atoms with E-state index in [1.165, 1.54) is 24.6 Å². The van der Waals surface area contributed by atoms with Crippen LogP contribution >= 0.6 is 11.8 Å². The minimum Gasteiger partial charge on any atom is -0.353 e. The summed E-state index contributed by atoms with van der Waals surface area (Å²) in [6.07, 6.45) is 4.73. The van der Waals surface area contributed by atoms with Crippen molar-refractivity contribution in [2.24, 2.45) is 0 Å². The third kappa shape index (κ3) is 3.68. The normalized spacial score (nSPS) is 17.9. The minimum absolute atomic E-state index is 0.0287. The summed E-state index contributed by atoms with van der Waals surface area (Å²) < 4.78 is 1.89. The summed E-state index contributed by atoms with van der Waals surface area (Å²) >= 11 is 1.43. The van der Waals surface area contributed by atoms with Crippen molar-refractivity contribution < 1.29 is 4.79 Å². The van der Waals surface area contributed by atoms with Crippen LogP contribution in [0.4, 0.5) is 0 Å². The highest BCUT2D eigenvalue weighted by Crippen LogP contribution is 2.32. The number of tetrazole rings is 1. The fourth-order valence-electron chi connectivity index (χ4n) is 2.25. The summed E-state index contributed by atoms with van der Waals surface area (Å²) in [5.41, 5.74) is 0. The first-order valence-corrected chi connectivity index (χ1v) is 7.70. The Morgan fingerprint density at radius 2 is 2.05 bits per heavy atom. The SMILES string of the molecule is CC(C)NC(=O)[C@H](C)Sc1nnnn1C1CCCC1. The molecular formula is C12H21N5OS. The van der Waals surface area contributed by atoms with E-state index in [4.69, 9.17) is 0 Å². The molecule has 0 aromatic carbocycles. The zero-order valence-corrected chi connectivity index (χ0v) is 12.5. The lowest BCUT2D eigenvalue weighted by atomic mass is 10.3. The second-order valence-corrected chi connectivity index (χ2v) is 6.58. The number of rotatable bonds is 5. The molecule has 19 heavy (non-hydrogen) atoms. The van der Waals surface area contributed by atoms with Crippen LogP contribution in [0.1, 0.15) is 52.5 Å². The van der Waals surface area contributed by atoms with E-state index < -0.39 is 0 Å². The van der Waals surface area contributed by atoms with Crippen LogP contribution < -0.4 is 5.32 Å². The number of aromatic nitrogens is 4. The van der Waals surface area contributed by atoms with Gasteiger partial charge in [0.25, 0.3) is 0 Å². The van der Waals surface area contributed by atoms with Crippen LogP contribution in [-0.2, 0) is 4.79 Å². The smallest absolute Gasteiger partial charge is 0.233 e. The lowest BCUT2D eigenvalue weighted by Crippen LogP contribution is -2.36. The van der Waals surface area contributed by atoms with Gasteiger partial charge in [0.1, 0.15) is 0 Å². The van der Waals surface area contributed by atoms with Gasteiger partial charge in [-0.1, -0.05) is 24.6 Å². The van der Waals surface area contributed by atoms with Gasteiger partial charge in [-0.25, -0.2) is 4.68 Å². The largest absolute Gasteiger partial charge is 0.353 e. The van der Waals surface area contributed by atoms with E-state index in [2.05, 4.69) is 20.8 Å². The van der Waals surface area contributed by atoms with Crippen molar-refractivity contribution in [1.29, 1.82) is 0 Å². The van der Waals surface area contributed by atoms with Crippen LogP contribution in [0.2, 0.25) is 0 Å². The van der Waals surface area contributed by atoms with Gasteiger partial charge >= 0.3 is 0 Å². The molecule has 0 bridgehead atoms. The van der Waals surface area contributed by atoms with E-state index in [1.54, 1.807) is 0 Å². The second kappa shape index (κ2) is 6.36. The Hall–Kier alpha value is -1.11. The zero-order chi connectivity index (χ0) is 13.8. The molecule has 6 nitrogen and oxygen atoms in total. The summed E-state index contributed by atoms with van der Waals surface area (Å²) in [6, 6.07) is 0.555. The van der Waals surface area contributed by atoms with Crippen molar-refractivity contribution in [2.45, 2.75) is 68.9 Å². The van der Waals surface area contributed by atoms with Crippen LogP contribution in [0, 0.1) is 0 Å². The van der Waals surface area contributed by atoms with Crippen LogP contribution in [0.5, 0.6) is 0 Å². The van der Waals surface area contributed by atoms with Crippen LogP contribution in [0.15, 0.2) is 5.16 Å². The Bertz CT molecular complexity index is 428. The van der Waals surface area contributed by atoms with Gasteiger partial charge in [-0.2, -0.15) is 0 Å². The number of hydrogen-bond acceptors (Lipinski definition) is 5. The standard InChI is InChI=1S/C12H21N5OS/c1-8(2)13-11(18)9(3)19-12-14-15-16-17(12)10-6-4-5-7-10/h8-10H,4-7H2,1-3H3,(H,13,18)/t9-/m0/s1. The number of carbonyl (C=O) groups is 1. The molecule has 1 fully saturated rings. The number of amides is 1. The van der Waals surface area contributed by atoms with Crippen molar-refractivity contribution in [3.63, 3.8) is 0 Å². The molecule has 1 aliphatic carbocycles. The van der Waals surface area contributed by atoms with Gasteiger partial charge in [0.05, 0.1) is 11.3 Å². The molecule has 1 aromatic heterocycles. The van der Waals surface area contributed by atoms with Crippen LogP contribution in [-0.4, -0.2) is 37.4 Å². The summed E-state index contributed by atoms with van der Waals surface area (Å²) in [4.78, 5) is 11.9. The average molecular weight is 283 g/mol. The van der Waals surface area contributed by atoms with Crippen molar-refractivity contribution in [3.8, 4) is 0 Å². The zero-order valence-electron chi connectivity index (χ0n) is 11.7. The fraction of sp³-hybridized carbons (Fsp3) is 0.833. The Labute approximate surface area is 117 Å². The topological polar surface area (TPSA) is 72.7 Å². The van der Waals surface area contributed by atoms with Gasteiger partial charge in [-0.3, -0.25) is 4.79 Å². The second-order valence-electron chi connectivity index (χ2n) is 5.27. The molecule has 0 saturated heterocycles. The number of nitrogens with one attached hydrogen (secondary N) is 1. The summed E-state index contributed by atoms with van der Waals surface area (Å²) in [5, 5.41) is 15.3. The Morgan fingerprint density at radius 3 is 2.68 bits per heavy atom. The van der Waals surface area contributed by atoms with E-state index in [0.29, 0.717) is 6.04 Å². The Balaban J connectivity index is 1.99. The molecule has 1 aliphatic rings. The first-order chi connectivity index (χ1) is 9.08. The molecule has 0 unspecified atom stereocenters. The van der Waals surface area contributed by atoms with Crippen LogP contribution in [0.3, 0.4) is 0 Å². The van der Waals surface area contributed by atoms with E-state index in [-0.39, 0.29) is 17.2 Å². The predicted octanol–water partition coefficient (Wildman–Crippen LogP) is 1.79. The van der Waals surface area contributed by atoms with Crippen molar-refractivity contribution in [3.05, 3.63) is 0 Å². The molecule has 1 atom stereocenters. The van der Waals surface area contributed by atoms with Crippen LogP contribution in [0.25, 0.3) is 0 Å². The monoisotopic (exact) mass is 283 g/mol. The molecule has 0 aliphatic heterocycles. The molecule has 0 radical (unpaired) electrons. The number of hydrogen-bond donors (Lipinski definition) is 1. The molecule has 1 N–H and O–H groups in total. The molecule has 1 aromatic rings. The first kappa shape index (κ1) is 14.3. The third-order valence-corrected chi connectivity index (χ3v) is 4.26. The summed E-state index contributed by atoms with van der Waals surface area (Å²) in [7, 11) is 0. The Kier molecular flexibility index (Phi) is 4.79. The number of carbonyl (C=O) groups excluding carboxylic acids is 1. The number of nitrogens with zero attached hydrogens (tertiary/aromatic N) is 4. The quantitative estimate of drug-likeness (QED) is 0.834. The minimum atomic E-state index is -0.187. The van der Waals surface area contributed by atoms with Gasteiger partial charge in [0.2, 0.25) is 11.1 Å². The summed E-state index contributed by atoms with van der Waals surface area (Å²) in [5.74, 6) is 0.0287. The van der Waals surface area contributed by atoms with E-state index in [0.717, 1.165) is 18.0 Å². The molecule has 2 rings (SSSR count). The molecule has 1 amide bonds. The molecule has 1 heterocycles. The molecule has 7 heteroatoms. The highest BCUT2D eigenvalue weighted by molar-refractivity contribution is 8.00. The maximum Gasteiger partial charge on any atom is 0.233 e. The van der Waals surface area contributed by atoms with Gasteiger partial charge in [-0.05, 0) is 44.0 Å². The first-order valence-electron chi connectivity index (χ1n) is 6.83. The average Bonchev–Trinajstić information content (AvgIpc) is 2.97. The van der Waals surface area contributed by atoms with Crippen molar-refractivity contribution in [2.75, 3.05) is 0 Å². The summed E-state index contributed by atoms with van der Waals surface area (Å²) in [6.45, 7) is 5.80. The van der Waals surface area contributed by atoms with Gasteiger partial charge < -0.3 is 5.32 Å². The maximum atomic E-state index is 11.9. The highest BCUT2D eigenvalue weighted by Gasteiger charge is 2.24. The molecule has 0 spiro atoms. The third-order valence-electron chi connectivity index (χ3n) is 3.22. The van der Waals surface area contributed by atoms with Gasteiger partial charge in [-0.15, -0.1) is 5.10 Å². The Morgan fingerprint density at radius 1 is 1.37 bits per heavy atom. The fourth-order valence-corrected chi connectivity index (χ4v) is 3.12. The van der Waals surface area contributed by atoms with E-state index >= 15 is 0 Å². The molecule has 1 saturated carbocycles. The van der Waals surface area contributed by atoms with E-state index in [1.807, 2.05) is 25.5 Å². The molecular weight excluding hydrogens is 262 g/mol. The number of thioether (sulfide) groups is 1. The molecule has 106 valence electrons. The van der Waals surface area contributed by atoms with Crippen molar-refractivity contribution in [1.82, 2.24) is 25.5 Å². The van der Waals surface area contributed by atoms with Gasteiger partial charge in [0.15, 0.2) is 0 Å². The lowest BCUT2D eigenvalue weighted by Gasteiger charge is -2.15.